The summed E-state index contributed by atoms with van der Waals surface area (Å²) >= 11 is 0. The zero-order chi connectivity index (χ0) is 45.2. The minimum absolute atomic E-state index is 0. The largest absolute Gasteiger partial charge is 2.00 e. The van der Waals surface area contributed by atoms with Gasteiger partial charge in [0, 0.05) is 31.1 Å². The Balaban J connectivity index is 0.00000253. The van der Waals surface area contributed by atoms with Crippen molar-refractivity contribution in [1.82, 2.24) is 0 Å². The van der Waals surface area contributed by atoms with Crippen molar-refractivity contribution < 1.29 is 51.9 Å². The Kier molecular flexibility index (Phi) is 11.9. The van der Waals surface area contributed by atoms with E-state index in [4.69, 9.17) is 0 Å². The van der Waals surface area contributed by atoms with E-state index in [0.717, 1.165) is 86.6 Å². The third kappa shape index (κ3) is 7.56. The van der Waals surface area contributed by atoms with Crippen molar-refractivity contribution in [2.45, 2.75) is 193 Å². The summed E-state index contributed by atoms with van der Waals surface area (Å²) in [7, 11) is 0. The van der Waals surface area contributed by atoms with E-state index in [1.807, 2.05) is 0 Å². The Bertz CT molecular complexity index is 2270. The van der Waals surface area contributed by atoms with Crippen LogP contribution in [0.1, 0.15) is 199 Å². The van der Waals surface area contributed by atoms with Crippen molar-refractivity contribution in [2.75, 3.05) is 0 Å². The van der Waals surface area contributed by atoms with Gasteiger partial charge in [0.1, 0.15) is 0 Å². The van der Waals surface area contributed by atoms with Gasteiger partial charge in [0.15, 0.2) is 0 Å². The molecule has 5 heteroatoms. The predicted octanol–water partition coefficient (Wildman–Crippen LogP) is 12.8. The van der Waals surface area contributed by atoms with E-state index < -0.39 is 0 Å². The molecule has 0 aliphatic heterocycles. The molecule has 12 saturated carbocycles. The third-order valence-corrected chi connectivity index (χ3v) is 21.6. The molecule has 4 aromatic carbocycles. The Labute approximate surface area is 432 Å². The molecule has 0 N–H and O–H groups in total. The van der Waals surface area contributed by atoms with Crippen molar-refractivity contribution in [2.24, 2.45) is 53.3 Å². The molecule has 0 amide bonds. The molecule has 4 aromatic rings. The molecule has 0 heterocycles. The van der Waals surface area contributed by atoms with Crippen molar-refractivity contribution in [3.63, 3.8) is 0 Å². The van der Waals surface area contributed by atoms with Crippen molar-refractivity contribution >= 4 is 0 Å². The Hall–Kier alpha value is -2.71. The van der Waals surface area contributed by atoms with E-state index in [1.54, 1.807) is 0 Å². The van der Waals surface area contributed by atoms with Crippen LogP contribution in [-0.2, 0) is 41.0 Å². The molecule has 0 aromatic heterocycles. The van der Waals surface area contributed by atoms with Gasteiger partial charge in [0.25, 0.3) is 0 Å². The average molecular weight is 1130 g/mol. The molecule has 12 bridgehead atoms. The van der Waals surface area contributed by atoms with Crippen LogP contribution < -0.4 is 15.3 Å². The number of rotatable bonds is 9. The van der Waals surface area contributed by atoms with Gasteiger partial charge in [-0.25, -0.2) is 0 Å². The van der Waals surface area contributed by atoms with Crippen LogP contribution in [0.4, 0.5) is 0 Å². The van der Waals surface area contributed by atoms with Crippen molar-refractivity contribution in [3.8, 4) is 17.2 Å². The summed E-state index contributed by atoms with van der Waals surface area (Å²) < 4.78 is 0. The molecule has 12 fully saturated rings. The van der Waals surface area contributed by atoms with E-state index in [1.165, 1.54) is 166 Å². The first-order valence-corrected chi connectivity index (χ1v) is 27.2. The van der Waals surface area contributed by atoms with Crippen LogP contribution in [0.5, 0.6) is 17.2 Å². The van der Waals surface area contributed by atoms with Gasteiger partial charge in [0.05, 0.1) is 0 Å². The van der Waals surface area contributed by atoms with Gasteiger partial charge in [-0.05, 0) is 296 Å². The molecule has 12 aliphatic carbocycles. The summed E-state index contributed by atoms with van der Waals surface area (Å²) in [6.45, 7) is 13.5. The zero-order valence-corrected chi connectivity index (χ0v) is 46.3. The molecule has 68 heavy (non-hydrogen) atoms. The fraction of sp³-hybridized carbons (Fsp3) is 0.619. The Morgan fingerprint density at radius 1 is 0.353 bits per heavy atom. The number of hydrogen-bond donors (Lipinski definition) is 0. The predicted molar refractivity (Wildman–Crippen MR) is 261 cm³/mol. The maximum Gasteiger partial charge on any atom is 0 e. The van der Waals surface area contributed by atoms with Gasteiger partial charge in [0.2, 0.25) is 0 Å². The molecule has 0 spiro atoms. The van der Waals surface area contributed by atoms with Gasteiger partial charge < -0.3 is 20.8 Å². The first kappa shape index (κ1) is 47.6. The van der Waals surface area contributed by atoms with E-state index in [9.17, 15) is 0 Å². The summed E-state index contributed by atoms with van der Waals surface area (Å²) in [6, 6.07) is 13.5. The average Bonchev–Trinajstić information content (AvgIpc) is 3.24. The molecule has 16 rings (SSSR count). The summed E-state index contributed by atoms with van der Waals surface area (Å²) in [4.78, 5) is 0. The molecule has 0 atom stereocenters. The SMILES string of the molecule is Cc1cc(Cc2c(C)c(Cc3cc(C)cc(C45CC6CC(CC(C6)C4)C5)c3[O-])c(C)c(Cc3cc(C)cc(C45CC6CC(CC(C6)C4)C5)c3[O-])c2C)c([O-])c(C23CC4CC(CC(C4)C2)C3)c1.[O-2].[U]. The topological polar surface area (TPSA) is 97.7 Å². The quantitative estimate of drug-likeness (QED) is 0.167. The molecule has 0 unspecified atom stereocenters. The fourth-order valence-electron chi connectivity index (χ4n) is 20.2. The van der Waals surface area contributed by atoms with Gasteiger partial charge >= 0.3 is 0 Å². The molecule has 0 saturated heterocycles. The Morgan fingerprint density at radius 2 is 0.544 bits per heavy atom. The van der Waals surface area contributed by atoms with E-state index in [2.05, 4.69) is 77.9 Å². The van der Waals surface area contributed by atoms with Gasteiger partial charge in [-0.15, -0.1) is 17.2 Å². The second-order valence-electron chi connectivity index (χ2n) is 26.3. The maximum atomic E-state index is 15.2. The van der Waals surface area contributed by atoms with E-state index in [0.29, 0.717) is 19.3 Å². The number of benzene rings is 4. The van der Waals surface area contributed by atoms with Crippen LogP contribution in [-0.4, -0.2) is 0 Å². The summed E-state index contributed by atoms with van der Waals surface area (Å²) in [6.07, 6.45) is 24.7. The minimum atomic E-state index is 0. The second-order valence-corrected chi connectivity index (χ2v) is 26.3. The number of aryl methyl sites for hydroxylation is 3. The van der Waals surface area contributed by atoms with Crippen LogP contribution in [0.15, 0.2) is 36.4 Å². The molecular weight excluding hydrogens is 1060 g/mol. The van der Waals surface area contributed by atoms with Crippen molar-refractivity contribution in [3.05, 3.63) is 120 Å². The van der Waals surface area contributed by atoms with E-state index >= 15 is 15.3 Å². The van der Waals surface area contributed by atoms with E-state index in [-0.39, 0.29) is 70.1 Å². The van der Waals surface area contributed by atoms with Crippen LogP contribution in [0.25, 0.3) is 0 Å². The normalized spacial score (nSPS) is 35.5. The molecule has 4 nitrogen and oxygen atoms in total. The van der Waals surface area contributed by atoms with Crippen molar-refractivity contribution in [1.29, 1.82) is 0 Å². The summed E-state index contributed by atoms with van der Waals surface area (Å²) in [5, 5.41) is 45.5. The van der Waals surface area contributed by atoms with Crippen LogP contribution in [0, 0.1) is 126 Å². The van der Waals surface area contributed by atoms with Gasteiger partial charge in [-0.2, -0.15) is 0 Å². The monoisotopic (exact) mass is 1130 g/mol. The third-order valence-electron chi connectivity index (χ3n) is 21.6. The fourth-order valence-corrected chi connectivity index (χ4v) is 20.2. The first-order chi connectivity index (χ1) is 31.6. The maximum absolute atomic E-state index is 15.2. The smallest absolute Gasteiger partial charge is 0 e. The summed E-state index contributed by atoms with van der Waals surface area (Å²) in [5.41, 5.74) is 17.2. The molecular formula is C63H75O4U-5. The standard InChI is InChI=1S/C63H78O3.O.U/c1-34-7-49(58(64)55(10-34)61-25-40-13-41(26-61)15-42(14-40)27-61)22-52-37(4)53(23-50-8-35(2)11-56(59(50)65)62-28-43-16-44(29-62)18-45(17-43)30-62)39(6)54(38(52)5)24-51-9-36(3)12-57(60(51)66)63-31-46-19-47(32-63)21-48(20-46)33-63;;/h7-12,40-48,64-66H,13-33H2,1-6H3;;/q;-2;/p-3. The van der Waals surface area contributed by atoms with Crippen LogP contribution >= 0.6 is 0 Å². The molecule has 12 aliphatic rings. The Morgan fingerprint density at radius 3 is 0.735 bits per heavy atom. The molecule has 360 valence electrons. The minimum Gasteiger partial charge on any atom is -2.00 e. The van der Waals surface area contributed by atoms with Gasteiger partial charge in [-0.3, -0.25) is 0 Å². The van der Waals surface area contributed by atoms with Crippen LogP contribution in [0.3, 0.4) is 0 Å². The first-order valence-electron chi connectivity index (χ1n) is 27.2. The molecule has 0 radical (unpaired) electrons. The number of hydrogen-bond acceptors (Lipinski definition) is 3. The summed E-state index contributed by atoms with van der Waals surface area (Å²) in [5.74, 6) is 7.84. The van der Waals surface area contributed by atoms with Gasteiger partial charge in [-0.1, -0.05) is 69.8 Å². The van der Waals surface area contributed by atoms with Crippen LogP contribution in [0.2, 0.25) is 0 Å². The second kappa shape index (κ2) is 16.9. The zero-order valence-electron chi connectivity index (χ0n) is 42.1.